The highest BCUT2D eigenvalue weighted by atomic mass is 16.7. The summed E-state index contributed by atoms with van der Waals surface area (Å²) in [6, 6.07) is 13.3. The molecule has 0 N–H and O–H groups in total. The fourth-order valence-electron chi connectivity index (χ4n) is 2.59. The van der Waals surface area contributed by atoms with Gasteiger partial charge in [-0.2, -0.15) is 0 Å². The van der Waals surface area contributed by atoms with Gasteiger partial charge in [-0.1, -0.05) is 25.0 Å². The molecular formula is C27H20N2O6. The third-order valence-electron chi connectivity index (χ3n) is 4.39. The molecule has 0 saturated heterocycles. The van der Waals surface area contributed by atoms with Gasteiger partial charge in [0.1, 0.15) is 5.75 Å². The molecule has 0 spiro atoms. The highest BCUT2D eigenvalue weighted by Gasteiger charge is 2.10. The summed E-state index contributed by atoms with van der Waals surface area (Å²) in [5, 5.41) is 0. The number of carbonyl (C=O) groups excluding carboxylic acids is 3. The maximum absolute atomic E-state index is 12.4. The Hall–Kier alpha value is -5.03. The average Bonchev–Trinajstić information content (AvgIpc) is 2.89. The summed E-state index contributed by atoms with van der Waals surface area (Å²) in [5.74, 6) is 5.42. The predicted octanol–water partition coefficient (Wildman–Crippen LogP) is 3.93. The third kappa shape index (κ3) is 7.51. The fourth-order valence-corrected chi connectivity index (χ4v) is 2.59. The molecule has 8 heteroatoms. The van der Waals surface area contributed by atoms with Crippen molar-refractivity contribution in [1.82, 2.24) is 9.97 Å². The topological polar surface area (TPSA) is 105 Å². The van der Waals surface area contributed by atoms with Gasteiger partial charge < -0.3 is 14.2 Å². The van der Waals surface area contributed by atoms with Crippen molar-refractivity contribution in [2.24, 2.45) is 0 Å². The molecule has 0 bridgehead atoms. The summed E-state index contributed by atoms with van der Waals surface area (Å²) in [4.78, 5) is 43.0. The molecule has 1 aromatic heterocycles. The van der Waals surface area contributed by atoms with Gasteiger partial charge in [-0.25, -0.2) is 19.6 Å². The lowest BCUT2D eigenvalue weighted by atomic mass is 10.1. The summed E-state index contributed by atoms with van der Waals surface area (Å²) in [7, 11) is 0. The number of hydrogen-bond acceptors (Lipinski definition) is 8. The molecule has 0 aliphatic carbocycles. The molecule has 174 valence electrons. The molecule has 0 fully saturated rings. The molecule has 0 amide bonds. The summed E-state index contributed by atoms with van der Waals surface area (Å²) in [6.07, 6.45) is 5.21. The number of benzene rings is 2. The first kappa shape index (κ1) is 24.6. The van der Waals surface area contributed by atoms with E-state index in [0.29, 0.717) is 11.6 Å². The van der Waals surface area contributed by atoms with E-state index in [1.807, 2.05) is 12.1 Å². The minimum atomic E-state index is -0.599. The van der Waals surface area contributed by atoms with E-state index in [1.165, 1.54) is 30.6 Å². The van der Waals surface area contributed by atoms with Crippen LogP contribution >= 0.6 is 0 Å². The van der Waals surface area contributed by atoms with Crippen molar-refractivity contribution >= 4 is 17.7 Å². The monoisotopic (exact) mass is 468 g/mol. The molecule has 0 atom stereocenters. The first-order chi connectivity index (χ1) is 17.0. The van der Waals surface area contributed by atoms with Gasteiger partial charge in [-0.3, -0.25) is 4.79 Å². The highest BCUT2D eigenvalue weighted by Crippen LogP contribution is 2.19. The van der Waals surface area contributed by atoms with Crippen molar-refractivity contribution in [2.75, 3.05) is 6.79 Å². The lowest BCUT2D eigenvalue weighted by Gasteiger charge is -2.07. The summed E-state index contributed by atoms with van der Waals surface area (Å²) < 4.78 is 15.3. The number of allylic oxidation sites excluding steroid dienone is 1. The van der Waals surface area contributed by atoms with E-state index in [1.54, 1.807) is 24.3 Å². The van der Waals surface area contributed by atoms with E-state index < -0.39 is 11.9 Å². The van der Waals surface area contributed by atoms with Crippen molar-refractivity contribution < 1.29 is 28.6 Å². The van der Waals surface area contributed by atoms with Gasteiger partial charge in [-0.05, 0) is 54.6 Å². The van der Waals surface area contributed by atoms with Crippen LogP contribution in [-0.2, 0) is 14.3 Å². The smallest absolute Gasteiger partial charge is 0.343 e. The maximum Gasteiger partial charge on any atom is 0.343 e. The molecule has 0 aliphatic rings. The normalized spacial score (nSPS) is 9.71. The second-order valence-corrected chi connectivity index (χ2v) is 6.81. The van der Waals surface area contributed by atoms with Crippen LogP contribution in [0.3, 0.4) is 0 Å². The Morgan fingerprint density at radius 2 is 1.57 bits per heavy atom. The Kier molecular flexibility index (Phi) is 8.63. The number of ketones is 1. The van der Waals surface area contributed by atoms with E-state index in [2.05, 4.69) is 35.0 Å². The summed E-state index contributed by atoms with van der Waals surface area (Å²) >= 11 is 0. The van der Waals surface area contributed by atoms with Crippen LogP contribution < -0.4 is 9.47 Å². The van der Waals surface area contributed by atoms with Gasteiger partial charge in [0.05, 0.1) is 24.4 Å². The van der Waals surface area contributed by atoms with Crippen LogP contribution in [-0.4, -0.2) is 34.5 Å². The quantitative estimate of drug-likeness (QED) is 0.201. The number of carbonyl (C=O) groups is 3. The Bertz CT molecular complexity index is 1280. The Labute approximate surface area is 201 Å². The molecule has 3 rings (SSSR count). The maximum atomic E-state index is 12.4. The number of ether oxygens (including phenoxy) is 3. The molecule has 0 unspecified atom stereocenters. The number of aromatic nitrogens is 2. The fraction of sp³-hybridized carbons (Fsp3) is 0.0741. The van der Waals surface area contributed by atoms with E-state index in [0.717, 1.165) is 17.2 Å². The van der Waals surface area contributed by atoms with Crippen molar-refractivity contribution in [1.29, 1.82) is 0 Å². The van der Waals surface area contributed by atoms with Crippen LogP contribution in [0.4, 0.5) is 0 Å². The van der Waals surface area contributed by atoms with E-state index in [4.69, 9.17) is 14.2 Å². The van der Waals surface area contributed by atoms with Crippen molar-refractivity contribution in [3.8, 4) is 34.7 Å². The number of rotatable bonds is 9. The van der Waals surface area contributed by atoms with Crippen LogP contribution in [0, 0.1) is 11.8 Å². The van der Waals surface area contributed by atoms with Crippen LogP contribution in [0.1, 0.15) is 22.3 Å². The molecule has 0 radical (unpaired) electrons. The Morgan fingerprint density at radius 1 is 0.886 bits per heavy atom. The number of esters is 2. The first-order valence-corrected chi connectivity index (χ1v) is 10.3. The number of nitrogens with zero attached hydrogens (tertiary/aromatic N) is 2. The molecular weight excluding hydrogens is 448 g/mol. The zero-order valence-corrected chi connectivity index (χ0v) is 18.6. The molecule has 8 nitrogen and oxygen atoms in total. The van der Waals surface area contributed by atoms with Gasteiger partial charge in [0.15, 0.2) is 17.4 Å². The zero-order chi connectivity index (χ0) is 25.0. The van der Waals surface area contributed by atoms with Crippen molar-refractivity contribution in [2.45, 2.75) is 6.42 Å². The molecule has 3 aromatic rings. The minimum absolute atomic E-state index is 0.125. The largest absolute Gasteiger partial charge is 0.457 e. The second kappa shape index (κ2) is 12.3. The predicted molar refractivity (Wildman–Crippen MR) is 127 cm³/mol. The van der Waals surface area contributed by atoms with Crippen LogP contribution in [0.15, 0.2) is 86.2 Å². The lowest BCUT2D eigenvalue weighted by Crippen LogP contribution is -2.10. The van der Waals surface area contributed by atoms with E-state index >= 15 is 0 Å². The molecule has 1 heterocycles. The van der Waals surface area contributed by atoms with Gasteiger partial charge in [-0.15, -0.1) is 0 Å². The lowest BCUT2D eigenvalue weighted by molar-refractivity contribution is -0.144. The third-order valence-corrected chi connectivity index (χ3v) is 4.39. The summed E-state index contributed by atoms with van der Waals surface area (Å²) in [5.41, 5.74) is 1.80. The van der Waals surface area contributed by atoms with Gasteiger partial charge in [0, 0.05) is 17.2 Å². The Balaban J connectivity index is 1.55. The highest BCUT2D eigenvalue weighted by molar-refractivity contribution is 5.91. The molecule has 2 aromatic carbocycles. The Morgan fingerprint density at radius 3 is 2.20 bits per heavy atom. The molecule has 35 heavy (non-hydrogen) atoms. The zero-order valence-electron chi connectivity index (χ0n) is 18.6. The van der Waals surface area contributed by atoms with Crippen molar-refractivity contribution in [3.63, 3.8) is 0 Å². The van der Waals surface area contributed by atoms with Crippen molar-refractivity contribution in [3.05, 3.63) is 97.4 Å². The molecule has 0 saturated carbocycles. The minimum Gasteiger partial charge on any atom is -0.457 e. The summed E-state index contributed by atoms with van der Waals surface area (Å²) in [6.45, 7) is 6.42. The van der Waals surface area contributed by atoms with E-state index in [9.17, 15) is 14.4 Å². The SMILES string of the molecule is C=CC(=O)CC#Cc1ccc(-c2ncc(OC(=O)c3ccc(OCOC(=O)C=C)cc3)cn2)cc1. The standard InChI is InChI=1S/C27H20N2O6/c1-3-22(30)7-5-6-19-8-10-20(11-9-19)26-28-16-24(17-29-26)35-27(32)21-12-14-23(15-13-21)33-18-34-25(31)4-2/h3-4,8-17H,1-2,7,18H2. The second-order valence-electron chi connectivity index (χ2n) is 6.81. The van der Waals surface area contributed by atoms with Crippen LogP contribution in [0.5, 0.6) is 11.5 Å². The van der Waals surface area contributed by atoms with E-state index in [-0.39, 0.29) is 30.3 Å². The van der Waals surface area contributed by atoms with Crippen LogP contribution in [0.2, 0.25) is 0 Å². The first-order valence-electron chi connectivity index (χ1n) is 10.3. The average molecular weight is 468 g/mol. The molecule has 0 aliphatic heterocycles. The van der Waals surface area contributed by atoms with Crippen LogP contribution in [0.25, 0.3) is 11.4 Å². The number of hydrogen-bond donors (Lipinski definition) is 0. The van der Waals surface area contributed by atoms with Gasteiger partial charge >= 0.3 is 11.9 Å². The van der Waals surface area contributed by atoms with Gasteiger partial charge in [0.25, 0.3) is 0 Å². The van der Waals surface area contributed by atoms with Gasteiger partial charge in [0.2, 0.25) is 6.79 Å².